The SMILES string of the molecule is Cc1ccccc1C(=O)NC(C(=O)NCC1CCN(c2cccc(Br)c2)C1)C(C)C. The summed E-state index contributed by atoms with van der Waals surface area (Å²) in [6.45, 7) is 8.32. The van der Waals surface area contributed by atoms with Crippen molar-refractivity contribution < 1.29 is 9.59 Å². The molecule has 6 heteroatoms. The van der Waals surface area contributed by atoms with Crippen LogP contribution in [0.25, 0.3) is 0 Å². The van der Waals surface area contributed by atoms with Gasteiger partial charge in [-0.05, 0) is 55.0 Å². The number of carbonyl (C=O) groups is 2. The summed E-state index contributed by atoms with van der Waals surface area (Å²) in [4.78, 5) is 27.9. The minimum atomic E-state index is -0.556. The number of carbonyl (C=O) groups excluding carboxylic acids is 2. The summed E-state index contributed by atoms with van der Waals surface area (Å²) in [5, 5.41) is 5.99. The first kappa shape index (κ1) is 22.3. The van der Waals surface area contributed by atoms with Gasteiger partial charge in [-0.3, -0.25) is 9.59 Å². The predicted molar refractivity (Wildman–Crippen MR) is 125 cm³/mol. The Kier molecular flexibility index (Phi) is 7.53. The lowest BCUT2D eigenvalue weighted by molar-refractivity contribution is -0.124. The molecule has 1 saturated heterocycles. The van der Waals surface area contributed by atoms with Gasteiger partial charge in [0, 0.05) is 35.4 Å². The molecule has 2 amide bonds. The molecule has 0 bridgehead atoms. The first-order valence-corrected chi connectivity index (χ1v) is 11.3. The maximum atomic E-state index is 12.8. The van der Waals surface area contributed by atoms with E-state index in [9.17, 15) is 9.59 Å². The fraction of sp³-hybridized carbons (Fsp3) is 0.417. The largest absolute Gasteiger partial charge is 0.371 e. The molecular weight excluding hydrogens is 442 g/mol. The predicted octanol–water partition coefficient (Wildman–Crippen LogP) is 4.15. The summed E-state index contributed by atoms with van der Waals surface area (Å²) in [6.07, 6.45) is 1.04. The van der Waals surface area contributed by atoms with Crippen LogP contribution >= 0.6 is 15.9 Å². The zero-order valence-electron chi connectivity index (χ0n) is 17.8. The highest BCUT2D eigenvalue weighted by Crippen LogP contribution is 2.26. The van der Waals surface area contributed by atoms with E-state index in [1.54, 1.807) is 6.07 Å². The van der Waals surface area contributed by atoms with Gasteiger partial charge in [0.05, 0.1) is 0 Å². The molecular formula is C24H30BrN3O2. The van der Waals surface area contributed by atoms with Crippen molar-refractivity contribution >= 4 is 33.4 Å². The summed E-state index contributed by atoms with van der Waals surface area (Å²) >= 11 is 3.53. The highest BCUT2D eigenvalue weighted by atomic mass is 79.9. The third-order valence-corrected chi connectivity index (χ3v) is 6.14. The van der Waals surface area contributed by atoms with Gasteiger partial charge in [0.15, 0.2) is 0 Å². The van der Waals surface area contributed by atoms with E-state index in [-0.39, 0.29) is 17.7 Å². The maximum Gasteiger partial charge on any atom is 0.252 e. The lowest BCUT2D eigenvalue weighted by atomic mass is 10.0. The quantitative estimate of drug-likeness (QED) is 0.637. The minimum absolute atomic E-state index is 0.000265. The third kappa shape index (κ3) is 5.63. The molecule has 2 unspecified atom stereocenters. The van der Waals surface area contributed by atoms with Crippen LogP contribution in [0.4, 0.5) is 5.69 Å². The van der Waals surface area contributed by atoms with Gasteiger partial charge in [0.25, 0.3) is 5.91 Å². The maximum absolute atomic E-state index is 12.8. The first-order valence-electron chi connectivity index (χ1n) is 10.5. The van der Waals surface area contributed by atoms with Crippen molar-refractivity contribution in [2.24, 2.45) is 11.8 Å². The average molecular weight is 472 g/mol. The minimum Gasteiger partial charge on any atom is -0.371 e. The van der Waals surface area contributed by atoms with Crippen molar-refractivity contribution in [3.8, 4) is 0 Å². The molecule has 30 heavy (non-hydrogen) atoms. The number of hydrogen-bond acceptors (Lipinski definition) is 3. The van der Waals surface area contributed by atoms with Gasteiger partial charge in [0.2, 0.25) is 5.91 Å². The Morgan fingerprint density at radius 3 is 2.63 bits per heavy atom. The fourth-order valence-electron chi connectivity index (χ4n) is 3.84. The molecule has 2 atom stereocenters. The Labute approximate surface area is 187 Å². The molecule has 0 spiro atoms. The number of halogens is 1. The molecule has 1 fully saturated rings. The van der Waals surface area contributed by atoms with Crippen LogP contribution in [-0.2, 0) is 4.79 Å². The van der Waals surface area contributed by atoms with Gasteiger partial charge < -0.3 is 15.5 Å². The molecule has 3 rings (SSSR count). The van der Waals surface area contributed by atoms with E-state index >= 15 is 0 Å². The Bertz CT molecular complexity index is 900. The number of nitrogens with one attached hydrogen (secondary N) is 2. The molecule has 2 aromatic rings. The molecule has 0 radical (unpaired) electrons. The van der Waals surface area contributed by atoms with E-state index < -0.39 is 6.04 Å². The van der Waals surface area contributed by atoms with Gasteiger partial charge in [-0.15, -0.1) is 0 Å². The number of rotatable bonds is 7. The zero-order valence-corrected chi connectivity index (χ0v) is 19.4. The highest BCUT2D eigenvalue weighted by molar-refractivity contribution is 9.10. The van der Waals surface area contributed by atoms with Crippen LogP contribution in [0.5, 0.6) is 0 Å². The lowest BCUT2D eigenvalue weighted by Crippen LogP contribution is -2.50. The monoisotopic (exact) mass is 471 g/mol. The van der Waals surface area contributed by atoms with E-state index in [0.717, 1.165) is 29.5 Å². The zero-order chi connectivity index (χ0) is 21.7. The van der Waals surface area contributed by atoms with Gasteiger partial charge in [-0.1, -0.05) is 54.0 Å². The Morgan fingerprint density at radius 2 is 1.93 bits per heavy atom. The molecule has 160 valence electrons. The second-order valence-electron chi connectivity index (χ2n) is 8.34. The van der Waals surface area contributed by atoms with Crippen molar-refractivity contribution in [2.75, 3.05) is 24.5 Å². The Hall–Kier alpha value is -2.34. The average Bonchev–Trinajstić information content (AvgIpc) is 3.19. The van der Waals surface area contributed by atoms with Gasteiger partial charge >= 0.3 is 0 Å². The second-order valence-corrected chi connectivity index (χ2v) is 9.25. The van der Waals surface area contributed by atoms with E-state index in [1.807, 2.05) is 51.1 Å². The number of hydrogen-bond donors (Lipinski definition) is 2. The summed E-state index contributed by atoms with van der Waals surface area (Å²) in [5.41, 5.74) is 2.71. The van der Waals surface area contributed by atoms with Crippen LogP contribution < -0.4 is 15.5 Å². The van der Waals surface area contributed by atoms with Crippen LogP contribution in [0.15, 0.2) is 53.0 Å². The van der Waals surface area contributed by atoms with E-state index in [0.29, 0.717) is 18.0 Å². The molecule has 2 aromatic carbocycles. The molecule has 0 aliphatic carbocycles. The van der Waals surface area contributed by atoms with Crippen LogP contribution in [0.1, 0.15) is 36.2 Å². The van der Waals surface area contributed by atoms with Crippen molar-refractivity contribution in [2.45, 2.75) is 33.2 Å². The van der Waals surface area contributed by atoms with Crippen LogP contribution in [0, 0.1) is 18.8 Å². The van der Waals surface area contributed by atoms with Crippen LogP contribution in [0.3, 0.4) is 0 Å². The molecule has 1 heterocycles. The van der Waals surface area contributed by atoms with Crippen molar-refractivity contribution in [1.29, 1.82) is 0 Å². The van der Waals surface area contributed by atoms with E-state index in [2.05, 4.69) is 43.6 Å². The molecule has 1 aliphatic heterocycles. The molecule has 1 aliphatic rings. The van der Waals surface area contributed by atoms with E-state index in [4.69, 9.17) is 0 Å². The normalized spacial score (nSPS) is 17.1. The lowest BCUT2D eigenvalue weighted by Gasteiger charge is -2.23. The van der Waals surface area contributed by atoms with Crippen molar-refractivity contribution in [3.05, 3.63) is 64.1 Å². The van der Waals surface area contributed by atoms with Crippen molar-refractivity contribution in [3.63, 3.8) is 0 Å². The van der Waals surface area contributed by atoms with Crippen molar-refractivity contribution in [1.82, 2.24) is 10.6 Å². The van der Waals surface area contributed by atoms with Gasteiger partial charge in [0.1, 0.15) is 6.04 Å². The standard InChI is InChI=1S/C24H30BrN3O2/c1-16(2)22(27-23(29)21-10-5-4-7-17(21)3)24(30)26-14-18-11-12-28(15-18)20-9-6-8-19(25)13-20/h4-10,13,16,18,22H,11-12,14-15H2,1-3H3,(H,26,30)(H,27,29). The molecule has 0 saturated carbocycles. The summed E-state index contributed by atoms with van der Waals surface area (Å²) in [5.74, 6) is 0.0732. The van der Waals surface area contributed by atoms with E-state index in [1.165, 1.54) is 5.69 Å². The highest BCUT2D eigenvalue weighted by Gasteiger charge is 2.27. The molecule has 5 nitrogen and oxygen atoms in total. The number of anilines is 1. The topological polar surface area (TPSA) is 61.4 Å². The summed E-state index contributed by atoms with van der Waals surface area (Å²) < 4.78 is 1.07. The van der Waals surface area contributed by atoms with Gasteiger partial charge in [-0.2, -0.15) is 0 Å². The molecule has 0 aromatic heterocycles. The smallest absolute Gasteiger partial charge is 0.252 e. The number of benzene rings is 2. The summed E-state index contributed by atoms with van der Waals surface area (Å²) in [6, 6.07) is 15.2. The first-order chi connectivity index (χ1) is 14.3. The fourth-order valence-corrected chi connectivity index (χ4v) is 4.23. The van der Waals surface area contributed by atoms with Gasteiger partial charge in [-0.25, -0.2) is 0 Å². The second kappa shape index (κ2) is 10.1. The number of amides is 2. The Morgan fingerprint density at radius 1 is 1.17 bits per heavy atom. The van der Waals surface area contributed by atoms with Crippen LogP contribution in [-0.4, -0.2) is 37.5 Å². The third-order valence-electron chi connectivity index (χ3n) is 5.65. The molecule has 2 N–H and O–H groups in total. The Balaban J connectivity index is 1.54. The summed E-state index contributed by atoms with van der Waals surface area (Å²) in [7, 11) is 0. The van der Waals surface area contributed by atoms with Crippen LogP contribution in [0.2, 0.25) is 0 Å². The number of nitrogens with zero attached hydrogens (tertiary/aromatic N) is 1. The number of aryl methyl sites for hydroxylation is 1.